The van der Waals surface area contributed by atoms with Gasteiger partial charge in [-0.25, -0.2) is 10.2 Å². The van der Waals surface area contributed by atoms with Gasteiger partial charge in [-0.2, -0.15) is 0 Å². The molecule has 6 nitrogen and oxygen atoms in total. The van der Waals surface area contributed by atoms with Gasteiger partial charge in [0.25, 0.3) is 0 Å². The van der Waals surface area contributed by atoms with Crippen LogP contribution in [0.25, 0.3) is 0 Å². The van der Waals surface area contributed by atoms with E-state index in [1.54, 1.807) is 12.1 Å². The minimum Gasteiger partial charge on any atom is -0.478 e. The summed E-state index contributed by atoms with van der Waals surface area (Å²) in [7, 11) is 0. The second-order valence-corrected chi connectivity index (χ2v) is 7.69. The average molecular weight is 374 g/mol. The van der Waals surface area contributed by atoms with Crippen LogP contribution in [0.1, 0.15) is 61.4 Å². The van der Waals surface area contributed by atoms with Gasteiger partial charge in [0, 0.05) is 18.9 Å². The number of hydrazine groups is 1. The highest BCUT2D eigenvalue weighted by Gasteiger charge is 2.48. The highest BCUT2D eigenvalue weighted by atomic mass is 16.5. The molecule has 0 saturated carbocycles. The molecule has 2 saturated heterocycles. The topological polar surface area (TPSA) is 87.7 Å². The molecule has 3 N–H and O–H groups in total. The second kappa shape index (κ2) is 9.33. The summed E-state index contributed by atoms with van der Waals surface area (Å²) in [5.74, 6) is 0.0441. The zero-order chi connectivity index (χ0) is 19.2. The van der Waals surface area contributed by atoms with Gasteiger partial charge >= 0.3 is 5.97 Å². The summed E-state index contributed by atoms with van der Waals surface area (Å²) in [5, 5.41) is 9.00. The Bertz CT molecular complexity index is 646. The first-order valence-electron chi connectivity index (χ1n) is 10.1. The normalized spacial score (nSPS) is 26.3. The van der Waals surface area contributed by atoms with Crippen molar-refractivity contribution in [2.75, 3.05) is 6.54 Å². The lowest BCUT2D eigenvalue weighted by atomic mass is 9.76. The van der Waals surface area contributed by atoms with E-state index in [4.69, 9.17) is 9.84 Å². The maximum atomic E-state index is 11.8. The molecule has 2 fully saturated rings. The number of amides is 1. The van der Waals surface area contributed by atoms with E-state index in [0.29, 0.717) is 29.9 Å². The van der Waals surface area contributed by atoms with Crippen molar-refractivity contribution in [1.82, 2.24) is 10.9 Å². The number of hydrogen-bond acceptors (Lipinski definition) is 4. The highest BCUT2D eigenvalue weighted by molar-refractivity contribution is 5.87. The van der Waals surface area contributed by atoms with Gasteiger partial charge in [-0.05, 0) is 55.7 Å². The third-order valence-electron chi connectivity index (χ3n) is 5.88. The molecule has 2 heterocycles. The molecule has 0 aromatic heterocycles. The Balaban J connectivity index is 1.49. The minimum atomic E-state index is -0.893. The summed E-state index contributed by atoms with van der Waals surface area (Å²) in [6.07, 6.45) is 7.24. The molecular weight excluding hydrogens is 344 g/mol. The molecule has 4 atom stereocenters. The van der Waals surface area contributed by atoms with Crippen molar-refractivity contribution in [3.8, 4) is 0 Å². The van der Waals surface area contributed by atoms with E-state index < -0.39 is 5.97 Å². The van der Waals surface area contributed by atoms with E-state index >= 15 is 0 Å². The maximum absolute atomic E-state index is 11.8. The molecule has 2 bridgehead atoms. The molecule has 1 aromatic rings. The summed E-state index contributed by atoms with van der Waals surface area (Å²) in [6.45, 7) is 2.81. The van der Waals surface area contributed by atoms with Gasteiger partial charge < -0.3 is 9.84 Å². The molecule has 3 rings (SSSR count). The smallest absolute Gasteiger partial charge is 0.335 e. The van der Waals surface area contributed by atoms with E-state index in [2.05, 4.69) is 17.8 Å². The summed E-state index contributed by atoms with van der Waals surface area (Å²) in [5.41, 5.74) is 7.42. The van der Waals surface area contributed by atoms with Crippen LogP contribution in [0.4, 0.5) is 0 Å². The van der Waals surface area contributed by atoms with Crippen molar-refractivity contribution in [3.05, 3.63) is 35.4 Å². The first kappa shape index (κ1) is 19.8. The van der Waals surface area contributed by atoms with Crippen LogP contribution in [0, 0.1) is 11.8 Å². The molecular formula is C21H30N2O4. The molecule has 2 aliphatic heterocycles. The van der Waals surface area contributed by atoms with Gasteiger partial charge in [-0.3, -0.25) is 10.2 Å². The van der Waals surface area contributed by atoms with Crippen molar-refractivity contribution in [2.24, 2.45) is 11.8 Å². The lowest BCUT2D eigenvalue weighted by Gasteiger charge is -2.28. The fourth-order valence-corrected chi connectivity index (χ4v) is 4.37. The molecule has 1 amide bonds. The molecule has 0 radical (unpaired) electrons. The zero-order valence-corrected chi connectivity index (χ0v) is 15.9. The number of aryl methyl sites for hydroxylation is 1. The van der Waals surface area contributed by atoms with Gasteiger partial charge in [0.2, 0.25) is 5.91 Å². The number of carboxylic acid groups (broad SMARTS) is 1. The van der Waals surface area contributed by atoms with Crippen molar-refractivity contribution in [3.63, 3.8) is 0 Å². The number of ether oxygens (including phenoxy) is 1. The number of carbonyl (C=O) groups is 2. The Morgan fingerprint density at radius 3 is 2.52 bits per heavy atom. The predicted octanol–water partition coefficient (Wildman–Crippen LogP) is 2.92. The van der Waals surface area contributed by atoms with Gasteiger partial charge in [-0.15, -0.1) is 0 Å². The Kier molecular flexibility index (Phi) is 6.85. The van der Waals surface area contributed by atoms with Gasteiger partial charge in [-0.1, -0.05) is 25.5 Å². The Hall–Kier alpha value is -1.92. The van der Waals surface area contributed by atoms with Crippen molar-refractivity contribution < 1.29 is 19.4 Å². The summed E-state index contributed by atoms with van der Waals surface area (Å²) in [6, 6.07) is 7.14. The summed E-state index contributed by atoms with van der Waals surface area (Å²) in [4.78, 5) is 22.7. The molecule has 2 aliphatic rings. The van der Waals surface area contributed by atoms with Crippen molar-refractivity contribution in [2.45, 2.75) is 64.1 Å². The lowest BCUT2D eigenvalue weighted by Crippen LogP contribution is -2.44. The summed E-state index contributed by atoms with van der Waals surface area (Å²) >= 11 is 0. The number of nitrogens with one attached hydrogen (secondary N) is 2. The van der Waals surface area contributed by atoms with E-state index in [0.717, 1.165) is 50.6 Å². The second-order valence-electron chi connectivity index (χ2n) is 7.69. The fraction of sp³-hybridized carbons (Fsp3) is 0.619. The standard InChI is InChI=1S/C21H30N2O4/c1-2-3-4-20(24)23-22-13-17-16(18-11-12-19(17)27-18)10-7-14-5-8-15(9-6-14)21(25)26/h5-6,8-9,16-19,22H,2-4,7,10-13H2,1H3,(H,23,24)(H,25,26)/t16-,17-,18+,19?/m0/s1. The Morgan fingerprint density at radius 2 is 1.85 bits per heavy atom. The first-order chi connectivity index (χ1) is 13.1. The molecule has 6 heteroatoms. The number of carboxylic acids is 1. The lowest BCUT2D eigenvalue weighted by molar-refractivity contribution is -0.122. The molecule has 1 unspecified atom stereocenters. The highest BCUT2D eigenvalue weighted by Crippen LogP contribution is 2.45. The van der Waals surface area contributed by atoms with Crippen LogP contribution in [-0.4, -0.2) is 35.7 Å². The van der Waals surface area contributed by atoms with Crippen molar-refractivity contribution >= 4 is 11.9 Å². The van der Waals surface area contributed by atoms with Crippen LogP contribution in [0.3, 0.4) is 0 Å². The van der Waals surface area contributed by atoms with Gasteiger partial charge in [0.15, 0.2) is 0 Å². The fourth-order valence-electron chi connectivity index (χ4n) is 4.37. The van der Waals surface area contributed by atoms with Crippen LogP contribution in [0.5, 0.6) is 0 Å². The van der Waals surface area contributed by atoms with Crippen LogP contribution in [0.2, 0.25) is 0 Å². The number of rotatable bonds is 10. The average Bonchev–Trinajstić information content (AvgIpc) is 3.27. The molecule has 0 aliphatic carbocycles. The SMILES string of the molecule is CCCCC(=O)NNC[C@@H]1C2CC[C@@H](O2)[C@H]1CCc1ccc(C(=O)O)cc1. The summed E-state index contributed by atoms with van der Waals surface area (Å²) < 4.78 is 6.13. The number of carbonyl (C=O) groups excluding carboxylic acids is 1. The van der Waals surface area contributed by atoms with E-state index in [1.165, 1.54) is 0 Å². The third-order valence-corrected chi connectivity index (χ3v) is 5.88. The first-order valence-corrected chi connectivity index (χ1v) is 10.1. The van der Waals surface area contributed by atoms with E-state index in [-0.39, 0.29) is 12.0 Å². The minimum absolute atomic E-state index is 0.0518. The molecule has 148 valence electrons. The van der Waals surface area contributed by atoms with E-state index in [9.17, 15) is 9.59 Å². The quantitative estimate of drug-likeness (QED) is 0.548. The number of unbranched alkanes of at least 4 members (excludes halogenated alkanes) is 1. The Morgan fingerprint density at radius 1 is 1.15 bits per heavy atom. The van der Waals surface area contributed by atoms with Crippen LogP contribution in [0.15, 0.2) is 24.3 Å². The van der Waals surface area contributed by atoms with Crippen molar-refractivity contribution in [1.29, 1.82) is 0 Å². The molecule has 1 aromatic carbocycles. The largest absolute Gasteiger partial charge is 0.478 e. The third kappa shape index (κ3) is 5.08. The number of fused-ring (bicyclic) bond motifs is 2. The number of benzene rings is 1. The molecule has 0 spiro atoms. The van der Waals surface area contributed by atoms with E-state index in [1.807, 2.05) is 12.1 Å². The van der Waals surface area contributed by atoms with Crippen LogP contribution >= 0.6 is 0 Å². The Labute approximate surface area is 160 Å². The maximum Gasteiger partial charge on any atom is 0.335 e. The van der Waals surface area contributed by atoms with Crippen LogP contribution in [-0.2, 0) is 16.0 Å². The van der Waals surface area contributed by atoms with Gasteiger partial charge in [0.05, 0.1) is 17.8 Å². The zero-order valence-electron chi connectivity index (χ0n) is 15.9. The van der Waals surface area contributed by atoms with Crippen LogP contribution < -0.4 is 10.9 Å². The predicted molar refractivity (Wildman–Crippen MR) is 102 cm³/mol. The number of aromatic carboxylic acids is 1. The number of hydrogen-bond donors (Lipinski definition) is 3. The molecule has 27 heavy (non-hydrogen) atoms. The monoisotopic (exact) mass is 374 g/mol. The van der Waals surface area contributed by atoms with Gasteiger partial charge in [0.1, 0.15) is 0 Å².